The SMILES string of the molecule is CN(Cc1ccc(C(=O)N[C@@H]2C[C@@H]3CC[C@@H]2C3)cc1)S(=O)(=O)c1ccccc1. The lowest BCUT2D eigenvalue weighted by Crippen LogP contribution is -2.38. The number of nitrogens with one attached hydrogen (secondary N) is 1. The minimum Gasteiger partial charge on any atom is -0.349 e. The summed E-state index contributed by atoms with van der Waals surface area (Å²) in [7, 11) is -1.96. The van der Waals surface area contributed by atoms with Gasteiger partial charge in [0.25, 0.3) is 5.91 Å². The second kappa shape index (κ2) is 7.68. The maximum atomic E-state index is 12.6. The van der Waals surface area contributed by atoms with Crippen molar-refractivity contribution in [3.63, 3.8) is 0 Å². The molecule has 5 nitrogen and oxygen atoms in total. The third kappa shape index (κ3) is 3.84. The third-order valence-electron chi connectivity index (χ3n) is 6.13. The van der Waals surface area contributed by atoms with E-state index in [9.17, 15) is 13.2 Å². The Morgan fingerprint density at radius 3 is 2.36 bits per heavy atom. The molecule has 1 N–H and O–H groups in total. The number of rotatable bonds is 6. The fourth-order valence-corrected chi connectivity index (χ4v) is 5.73. The van der Waals surface area contributed by atoms with Crippen LogP contribution in [-0.4, -0.2) is 31.7 Å². The van der Waals surface area contributed by atoms with Gasteiger partial charge in [0.15, 0.2) is 0 Å². The fraction of sp³-hybridized carbons (Fsp3) is 0.409. The van der Waals surface area contributed by atoms with Crippen molar-refractivity contribution in [3.8, 4) is 0 Å². The van der Waals surface area contributed by atoms with Gasteiger partial charge in [-0.1, -0.05) is 36.8 Å². The molecule has 0 aliphatic heterocycles. The van der Waals surface area contributed by atoms with E-state index in [1.165, 1.54) is 23.6 Å². The molecule has 0 saturated heterocycles. The van der Waals surface area contributed by atoms with E-state index in [1.54, 1.807) is 49.5 Å². The lowest BCUT2D eigenvalue weighted by atomic mass is 9.95. The Kier molecular flexibility index (Phi) is 5.25. The van der Waals surface area contributed by atoms with Crippen LogP contribution in [0.5, 0.6) is 0 Å². The fourth-order valence-electron chi connectivity index (χ4n) is 4.55. The second-order valence-corrected chi connectivity index (χ2v) is 10.1. The second-order valence-electron chi connectivity index (χ2n) is 8.03. The summed E-state index contributed by atoms with van der Waals surface area (Å²) < 4.78 is 26.6. The molecule has 2 aliphatic carbocycles. The van der Waals surface area contributed by atoms with E-state index in [0.717, 1.165) is 17.9 Å². The van der Waals surface area contributed by atoms with Crippen molar-refractivity contribution in [3.05, 3.63) is 65.7 Å². The molecule has 0 unspecified atom stereocenters. The zero-order valence-corrected chi connectivity index (χ0v) is 16.9. The Hall–Kier alpha value is -2.18. The first kappa shape index (κ1) is 19.2. The number of carbonyl (C=O) groups excluding carboxylic acids is 1. The summed E-state index contributed by atoms with van der Waals surface area (Å²) in [6.07, 6.45) is 4.91. The Labute approximate surface area is 166 Å². The van der Waals surface area contributed by atoms with Gasteiger partial charge in [-0.2, -0.15) is 4.31 Å². The first-order valence-corrected chi connectivity index (χ1v) is 11.3. The molecule has 0 aromatic heterocycles. The Morgan fingerprint density at radius 2 is 1.75 bits per heavy atom. The van der Waals surface area contributed by atoms with Crippen LogP contribution in [0.2, 0.25) is 0 Å². The molecule has 2 aromatic carbocycles. The number of nitrogens with zero attached hydrogens (tertiary/aromatic N) is 1. The van der Waals surface area contributed by atoms with Gasteiger partial charge in [-0.15, -0.1) is 0 Å². The zero-order valence-electron chi connectivity index (χ0n) is 16.0. The van der Waals surface area contributed by atoms with Gasteiger partial charge < -0.3 is 5.32 Å². The van der Waals surface area contributed by atoms with Gasteiger partial charge >= 0.3 is 0 Å². The van der Waals surface area contributed by atoms with Crippen molar-refractivity contribution in [1.82, 2.24) is 9.62 Å². The van der Waals surface area contributed by atoms with Crippen LogP contribution in [-0.2, 0) is 16.6 Å². The number of sulfonamides is 1. The largest absolute Gasteiger partial charge is 0.349 e. The molecule has 0 spiro atoms. The quantitative estimate of drug-likeness (QED) is 0.811. The molecule has 3 atom stereocenters. The van der Waals surface area contributed by atoms with Crippen LogP contribution in [0.3, 0.4) is 0 Å². The number of hydrogen-bond donors (Lipinski definition) is 1. The summed E-state index contributed by atoms with van der Waals surface area (Å²) >= 11 is 0. The summed E-state index contributed by atoms with van der Waals surface area (Å²) in [5.41, 5.74) is 1.47. The Balaban J connectivity index is 1.38. The Bertz CT molecular complexity index is 942. The molecule has 6 heteroatoms. The van der Waals surface area contributed by atoms with Gasteiger partial charge in [-0.25, -0.2) is 8.42 Å². The average molecular weight is 399 g/mol. The highest BCUT2D eigenvalue weighted by Gasteiger charge is 2.40. The molecule has 1 amide bonds. The van der Waals surface area contributed by atoms with Crippen molar-refractivity contribution in [1.29, 1.82) is 0 Å². The highest BCUT2D eigenvalue weighted by molar-refractivity contribution is 7.89. The molecular weight excluding hydrogens is 372 g/mol. The van der Waals surface area contributed by atoms with Crippen LogP contribution in [0.15, 0.2) is 59.5 Å². The molecule has 0 heterocycles. The van der Waals surface area contributed by atoms with Crippen molar-refractivity contribution >= 4 is 15.9 Å². The van der Waals surface area contributed by atoms with Gasteiger partial charge in [0.05, 0.1) is 4.90 Å². The maximum Gasteiger partial charge on any atom is 0.251 e. The predicted octanol–water partition coefficient (Wildman–Crippen LogP) is 3.43. The van der Waals surface area contributed by atoms with Crippen LogP contribution in [0.25, 0.3) is 0 Å². The topological polar surface area (TPSA) is 66.5 Å². The summed E-state index contributed by atoms with van der Waals surface area (Å²) in [6.45, 7) is 0.255. The number of amides is 1. The molecule has 4 rings (SSSR count). The van der Waals surface area contributed by atoms with E-state index in [4.69, 9.17) is 0 Å². The molecule has 28 heavy (non-hydrogen) atoms. The van der Waals surface area contributed by atoms with Gasteiger partial charge in [0.1, 0.15) is 0 Å². The summed E-state index contributed by atoms with van der Waals surface area (Å²) in [6, 6.07) is 15.9. The minimum atomic E-state index is -3.53. The normalized spacial score (nSPS) is 23.9. The van der Waals surface area contributed by atoms with Gasteiger partial charge in [-0.05, 0) is 60.9 Å². The van der Waals surface area contributed by atoms with E-state index in [2.05, 4.69) is 5.32 Å². The summed E-state index contributed by atoms with van der Waals surface area (Å²) in [5, 5.41) is 3.19. The van der Waals surface area contributed by atoms with E-state index in [-0.39, 0.29) is 17.3 Å². The lowest BCUT2D eigenvalue weighted by molar-refractivity contribution is 0.0923. The molecule has 148 valence electrons. The van der Waals surface area contributed by atoms with Crippen LogP contribution >= 0.6 is 0 Å². The summed E-state index contributed by atoms with van der Waals surface area (Å²) in [5.74, 6) is 1.40. The third-order valence-corrected chi connectivity index (χ3v) is 7.94. The van der Waals surface area contributed by atoms with E-state index in [0.29, 0.717) is 17.5 Å². The number of hydrogen-bond acceptors (Lipinski definition) is 3. The van der Waals surface area contributed by atoms with E-state index >= 15 is 0 Å². The number of fused-ring (bicyclic) bond motifs is 2. The molecule has 2 fully saturated rings. The minimum absolute atomic E-state index is 0.0330. The zero-order chi connectivity index (χ0) is 19.7. The van der Waals surface area contributed by atoms with Crippen molar-refractivity contribution in [2.45, 2.75) is 43.2 Å². The molecule has 0 radical (unpaired) electrons. The molecule has 2 aliphatic rings. The predicted molar refractivity (Wildman–Crippen MR) is 108 cm³/mol. The van der Waals surface area contributed by atoms with E-state index in [1.807, 2.05) is 12.1 Å². The lowest BCUT2D eigenvalue weighted by Gasteiger charge is -2.23. The van der Waals surface area contributed by atoms with Crippen molar-refractivity contribution < 1.29 is 13.2 Å². The highest BCUT2D eigenvalue weighted by atomic mass is 32.2. The standard InChI is InChI=1S/C22H26N2O3S/c1-24(28(26,27)20-5-3-2-4-6-20)15-16-7-10-18(11-8-16)22(25)23-21-14-17-9-12-19(21)13-17/h2-8,10-11,17,19,21H,9,12-15H2,1H3,(H,23,25)/t17-,19-,21-/m1/s1. The molecular formula is C22H26N2O3S. The van der Waals surface area contributed by atoms with Crippen molar-refractivity contribution in [2.24, 2.45) is 11.8 Å². The number of benzene rings is 2. The monoisotopic (exact) mass is 398 g/mol. The first-order valence-electron chi connectivity index (χ1n) is 9.84. The van der Waals surface area contributed by atoms with Gasteiger partial charge in [0, 0.05) is 25.2 Å². The van der Waals surface area contributed by atoms with Gasteiger partial charge in [0.2, 0.25) is 10.0 Å². The highest BCUT2D eigenvalue weighted by Crippen LogP contribution is 2.44. The van der Waals surface area contributed by atoms with Crippen molar-refractivity contribution in [2.75, 3.05) is 7.05 Å². The van der Waals surface area contributed by atoms with Crippen LogP contribution < -0.4 is 5.32 Å². The first-order chi connectivity index (χ1) is 13.4. The van der Waals surface area contributed by atoms with Crippen LogP contribution in [0, 0.1) is 11.8 Å². The molecule has 2 aromatic rings. The van der Waals surface area contributed by atoms with Crippen LogP contribution in [0.4, 0.5) is 0 Å². The van der Waals surface area contributed by atoms with E-state index < -0.39 is 10.0 Å². The molecule has 2 bridgehead atoms. The smallest absolute Gasteiger partial charge is 0.251 e. The number of carbonyl (C=O) groups is 1. The molecule has 2 saturated carbocycles. The Morgan fingerprint density at radius 1 is 1.04 bits per heavy atom. The van der Waals surface area contributed by atoms with Gasteiger partial charge in [-0.3, -0.25) is 4.79 Å². The van der Waals surface area contributed by atoms with Crippen LogP contribution in [0.1, 0.15) is 41.6 Å². The summed E-state index contributed by atoms with van der Waals surface area (Å²) in [4.78, 5) is 12.8. The average Bonchev–Trinajstić information content (AvgIpc) is 3.32. The maximum absolute atomic E-state index is 12.6.